The van der Waals surface area contributed by atoms with Crippen LogP contribution in [0.15, 0.2) is 73.3 Å². The molecule has 1 aliphatic heterocycles. The molecule has 204 valence electrons. The van der Waals surface area contributed by atoms with Crippen molar-refractivity contribution in [3.8, 4) is 22.8 Å². The van der Waals surface area contributed by atoms with E-state index in [1.807, 2.05) is 54.7 Å². The minimum absolute atomic E-state index is 0.106. The molecule has 3 N–H and O–H groups in total. The highest BCUT2D eigenvalue weighted by Crippen LogP contribution is 2.31. The Kier molecular flexibility index (Phi) is 6.32. The number of anilines is 2. The van der Waals surface area contributed by atoms with Crippen molar-refractivity contribution in [2.45, 2.75) is 6.42 Å². The Balaban J connectivity index is 1.18. The number of piperazine rings is 1. The van der Waals surface area contributed by atoms with Gasteiger partial charge in [0.05, 0.1) is 53.1 Å². The van der Waals surface area contributed by atoms with Crippen LogP contribution in [0.2, 0.25) is 0 Å². The van der Waals surface area contributed by atoms with Gasteiger partial charge >= 0.3 is 0 Å². The first-order chi connectivity index (χ1) is 20.1. The molecule has 6 aromatic rings. The number of carbonyl (C=O) groups excluding carboxylic acids is 1. The van der Waals surface area contributed by atoms with Crippen LogP contribution in [-0.2, 0) is 11.2 Å². The van der Waals surface area contributed by atoms with E-state index in [1.54, 1.807) is 18.6 Å². The number of amides is 1. The van der Waals surface area contributed by atoms with E-state index in [4.69, 9.17) is 9.97 Å². The van der Waals surface area contributed by atoms with Gasteiger partial charge in [-0.25, -0.2) is 9.97 Å². The van der Waals surface area contributed by atoms with E-state index in [0.717, 1.165) is 59.5 Å². The monoisotopic (exact) mass is 544 g/mol. The maximum atomic E-state index is 12.6. The largest absolute Gasteiger partial charge is 0.366 e. The summed E-state index contributed by atoms with van der Waals surface area (Å²) in [7, 11) is 2.14. The number of hydrogen-bond donors (Lipinski definition) is 3. The SMILES string of the molecule is CN1CCN(c2cncc3[nH]c(-c4n[nH]c5ccc(-c6cncc(NC(=O)Cc7ccccc7)c6)nc45)nc23)CC1. The van der Waals surface area contributed by atoms with E-state index in [1.165, 1.54) is 0 Å². The fourth-order valence-electron chi connectivity index (χ4n) is 5.17. The van der Waals surface area contributed by atoms with E-state index < -0.39 is 0 Å². The minimum Gasteiger partial charge on any atom is -0.366 e. The first-order valence-corrected chi connectivity index (χ1v) is 13.5. The summed E-state index contributed by atoms with van der Waals surface area (Å²) in [6.07, 6.45) is 7.33. The molecule has 1 saturated heterocycles. The molecule has 1 fully saturated rings. The van der Waals surface area contributed by atoms with Gasteiger partial charge in [-0.1, -0.05) is 30.3 Å². The van der Waals surface area contributed by atoms with Crippen LogP contribution in [0.4, 0.5) is 11.4 Å². The second-order valence-electron chi connectivity index (χ2n) is 10.3. The predicted molar refractivity (Wildman–Crippen MR) is 158 cm³/mol. The number of aromatic nitrogens is 7. The van der Waals surface area contributed by atoms with Gasteiger partial charge in [0.2, 0.25) is 5.91 Å². The lowest BCUT2D eigenvalue weighted by Gasteiger charge is -2.33. The third kappa shape index (κ3) is 4.98. The number of benzene rings is 1. The summed E-state index contributed by atoms with van der Waals surface area (Å²) in [5, 5.41) is 10.6. The fraction of sp³-hybridized carbons (Fsp3) is 0.200. The number of nitrogens with one attached hydrogen (secondary N) is 3. The molecule has 0 atom stereocenters. The molecule has 11 nitrogen and oxygen atoms in total. The number of hydrogen-bond acceptors (Lipinski definition) is 8. The summed E-state index contributed by atoms with van der Waals surface area (Å²) < 4.78 is 0. The molecule has 7 rings (SSSR count). The third-order valence-electron chi connectivity index (χ3n) is 7.38. The molecular formula is C30H28N10O. The molecule has 0 radical (unpaired) electrons. The summed E-state index contributed by atoms with van der Waals surface area (Å²) in [4.78, 5) is 39.3. The van der Waals surface area contributed by atoms with Gasteiger partial charge in [0.15, 0.2) is 11.5 Å². The number of H-pyrrole nitrogens is 2. The van der Waals surface area contributed by atoms with Crippen molar-refractivity contribution in [1.82, 2.24) is 40.0 Å². The summed E-state index contributed by atoms with van der Waals surface area (Å²) in [5.41, 5.74) is 7.90. The van der Waals surface area contributed by atoms with Crippen molar-refractivity contribution in [2.75, 3.05) is 43.4 Å². The van der Waals surface area contributed by atoms with Crippen molar-refractivity contribution in [2.24, 2.45) is 0 Å². The molecule has 6 heterocycles. The zero-order valence-electron chi connectivity index (χ0n) is 22.5. The first kappa shape index (κ1) is 24.9. The second kappa shape index (κ2) is 10.4. The summed E-state index contributed by atoms with van der Waals surface area (Å²) >= 11 is 0. The van der Waals surface area contributed by atoms with E-state index in [0.29, 0.717) is 28.4 Å². The summed E-state index contributed by atoms with van der Waals surface area (Å²) in [5.74, 6) is 0.519. The highest BCUT2D eigenvalue weighted by Gasteiger charge is 2.21. The highest BCUT2D eigenvalue weighted by molar-refractivity contribution is 5.95. The molecule has 0 saturated carbocycles. The molecule has 1 amide bonds. The lowest BCUT2D eigenvalue weighted by molar-refractivity contribution is -0.115. The van der Waals surface area contributed by atoms with E-state index >= 15 is 0 Å². The molecule has 1 aliphatic rings. The van der Waals surface area contributed by atoms with Gasteiger partial charge in [-0.2, -0.15) is 5.10 Å². The van der Waals surface area contributed by atoms with Gasteiger partial charge < -0.3 is 20.1 Å². The number of rotatable bonds is 6. The van der Waals surface area contributed by atoms with Gasteiger partial charge in [-0.15, -0.1) is 0 Å². The quantitative estimate of drug-likeness (QED) is 0.288. The molecule has 1 aromatic carbocycles. The Morgan fingerprint density at radius 1 is 0.902 bits per heavy atom. The van der Waals surface area contributed by atoms with Crippen LogP contribution in [0.1, 0.15) is 5.56 Å². The molecular weight excluding hydrogens is 516 g/mol. The Labute approximate surface area is 235 Å². The smallest absolute Gasteiger partial charge is 0.228 e. The van der Waals surface area contributed by atoms with Crippen molar-refractivity contribution in [3.63, 3.8) is 0 Å². The molecule has 11 heteroatoms. The Bertz CT molecular complexity index is 1850. The van der Waals surface area contributed by atoms with Gasteiger partial charge in [-0.05, 0) is 30.8 Å². The van der Waals surface area contributed by atoms with Gasteiger partial charge in [0.25, 0.3) is 0 Å². The molecule has 0 unspecified atom stereocenters. The van der Waals surface area contributed by atoms with Crippen LogP contribution in [0.5, 0.6) is 0 Å². The topological polar surface area (TPSA) is 132 Å². The maximum absolute atomic E-state index is 12.6. The molecule has 5 aromatic heterocycles. The number of imidazole rings is 1. The van der Waals surface area contributed by atoms with Gasteiger partial charge in [0, 0.05) is 37.9 Å². The lowest BCUT2D eigenvalue weighted by Crippen LogP contribution is -2.44. The number of likely N-dealkylation sites (N-methyl/N-ethyl adjacent to an activating group) is 1. The van der Waals surface area contributed by atoms with Crippen molar-refractivity contribution < 1.29 is 4.79 Å². The van der Waals surface area contributed by atoms with Crippen LogP contribution in [0, 0.1) is 0 Å². The zero-order valence-corrected chi connectivity index (χ0v) is 22.5. The Morgan fingerprint density at radius 2 is 1.73 bits per heavy atom. The average molecular weight is 545 g/mol. The summed E-state index contributed by atoms with van der Waals surface area (Å²) in [6, 6.07) is 15.4. The summed E-state index contributed by atoms with van der Waals surface area (Å²) in [6.45, 7) is 3.85. The number of nitrogens with zero attached hydrogens (tertiary/aromatic N) is 7. The van der Waals surface area contributed by atoms with Gasteiger partial charge in [0.1, 0.15) is 11.0 Å². The number of carbonyl (C=O) groups is 1. The van der Waals surface area contributed by atoms with Crippen LogP contribution in [0.3, 0.4) is 0 Å². The second-order valence-corrected chi connectivity index (χ2v) is 10.3. The van der Waals surface area contributed by atoms with E-state index in [2.05, 4.69) is 47.3 Å². The third-order valence-corrected chi connectivity index (χ3v) is 7.38. The van der Waals surface area contributed by atoms with Crippen LogP contribution >= 0.6 is 0 Å². The Hall–Kier alpha value is -5.16. The molecule has 0 bridgehead atoms. The minimum atomic E-state index is -0.106. The standard InChI is InChI=1S/C30H28N10O/c1-39-9-11-40(12-10-39)25-18-32-17-24-27(25)36-30(35-24)29-28-23(37-38-29)8-7-22(34-28)20-14-21(16-31-15-20)33-26(41)13-19-5-3-2-4-6-19/h2-8,14-18H,9-13H2,1H3,(H,33,41)(H,35,36)(H,37,38). The van der Waals surface area contributed by atoms with Crippen LogP contribution < -0.4 is 10.2 Å². The molecule has 0 spiro atoms. The zero-order chi connectivity index (χ0) is 27.8. The van der Waals surface area contributed by atoms with Crippen molar-refractivity contribution in [1.29, 1.82) is 0 Å². The van der Waals surface area contributed by atoms with Crippen molar-refractivity contribution in [3.05, 3.63) is 78.9 Å². The van der Waals surface area contributed by atoms with Crippen molar-refractivity contribution >= 4 is 39.3 Å². The first-order valence-electron chi connectivity index (χ1n) is 13.5. The van der Waals surface area contributed by atoms with E-state index in [9.17, 15) is 4.79 Å². The number of fused-ring (bicyclic) bond motifs is 2. The molecule has 0 aliphatic carbocycles. The van der Waals surface area contributed by atoms with Crippen LogP contribution in [-0.4, -0.2) is 79.2 Å². The van der Waals surface area contributed by atoms with Crippen LogP contribution in [0.25, 0.3) is 44.8 Å². The number of aromatic amines is 2. The normalized spacial score (nSPS) is 14.1. The lowest BCUT2D eigenvalue weighted by atomic mass is 10.1. The number of pyridine rings is 3. The maximum Gasteiger partial charge on any atom is 0.228 e. The molecule has 41 heavy (non-hydrogen) atoms. The van der Waals surface area contributed by atoms with Gasteiger partial charge in [-0.3, -0.25) is 19.9 Å². The predicted octanol–water partition coefficient (Wildman–Crippen LogP) is 3.89. The fourth-order valence-corrected chi connectivity index (χ4v) is 5.17. The average Bonchev–Trinajstić information content (AvgIpc) is 3.62. The highest BCUT2D eigenvalue weighted by atomic mass is 16.1. The van der Waals surface area contributed by atoms with E-state index in [-0.39, 0.29) is 12.3 Å². The Morgan fingerprint density at radius 3 is 2.59 bits per heavy atom.